The number of fused-ring (bicyclic) bond motifs is 2. The maximum atomic E-state index is 14.9. The SMILES string of the molecule is CC(C)(C)OC(=O)C12C=C(c3c(F)cccc3F)C(NC(=O)OCc3ccccc3)(CC1)CC2. The van der Waals surface area contributed by atoms with E-state index in [1.807, 2.05) is 30.3 Å². The molecule has 0 aliphatic heterocycles. The van der Waals surface area contributed by atoms with Gasteiger partial charge < -0.3 is 14.8 Å². The maximum absolute atomic E-state index is 14.9. The number of hydrogen-bond acceptors (Lipinski definition) is 4. The van der Waals surface area contributed by atoms with Crippen LogP contribution in [0.4, 0.5) is 13.6 Å². The van der Waals surface area contributed by atoms with Crippen molar-refractivity contribution < 1.29 is 27.8 Å². The Morgan fingerprint density at radius 3 is 2.15 bits per heavy atom. The van der Waals surface area contributed by atoms with Crippen LogP contribution in [0, 0.1) is 17.0 Å². The molecule has 7 heteroatoms. The van der Waals surface area contributed by atoms with Gasteiger partial charge in [0.05, 0.1) is 16.5 Å². The lowest BCUT2D eigenvalue weighted by molar-refractivity contribution is -0.167. The van der Waals surface area contributed by atoms with Gasteiger partial charge in [-0.3, -0.25) is 4.79 Å². The first-order chi connectivity index (χ1) is 16.0. The van der Waals surface area contributed by atoms with E-state index in [4.69, 9.17) is 9.47 Å². The molecule has 34 heavy (non-hydrogen) atoms. The van der Waals surface area contributed by atoms with Crippen molar-refractivity contribution in [3.05, 3.63) is 77.4 Å². The van der Waals surface area contributed by atoms with Crippen molar-refractivity contribution in [1.29, 1.82) is 0 Å². The average Bonchev–Trinajstić information content (AvgIpc) is 2.78. The molecule has 2 aromatic carbocycles. The number of hydrogen-bond donors (Lipinski definition) is 1. The minimum absolute atomic E-state index is 0.0672. The fourth-order valence-electron chi connectivity index (χ4n) is 4.81. The summed E-state index contributed by atoms with van der Waals surface area (Å²) in [5, 5.41) is 2.88. The minimum Gasteiger partial charge on any atom is -0.459 e. The molecule has 0 unspecified atom stereocenters. The molecule has 1 saturated carbocycles. The summed E-state index contributed by atoms with van der Waals surface area (Å²) >= 11 is 0. The van der Waals surface area contributed by atoms with Crippen LogP contribution in [0.15, 0.2) is 54.6 Å². The predicted octanol–water partition coefficient (Wildman–Crippen LogP) is 5.93. The number of halogens is 2. The van der Waals surface area contributed by atoms with Crippen LogP contribution < -0.4 is 5.32 Å². The smallest absolute Gasteiger partial charge is 0.408 e. The molecule has 5 nitrogen and oxygen atoms in total. The standard InChI is InChI=1S/C27H29F2NO4/c1-25(2,3)34-23(31)26-12-14-27(15-13-26,19(16-26)22-20(28)10-7-11-21(22)29)30-24(32)33-17-18-8-5-4-6-9-18/h4-11,16H,12-15,17H2,1-3H3,(H,30,32). The third kappa shape index (κ3) is 4.69. The molecule has 180 valence electrons. The van der Waals surface area contributed by atoms with E-state index in [1.54, 1.807) is 26.8 Å². The van der Waals surface area contributed by atoms with Gasteiger partial charge in [0, 0.05) is 0 Å². The number of alkyl carbamates (subject to hydrolysis) is 1. The first-order valence-corrected chi connectivity index (χ1v) is 11.4. The molecule has 2 aromatic rings. The number of rotatable bonds is 5. The van der Waals surface area contributed by atoms with Gasteiger partial charge in [-0.25, -0.2) is 13.6 Å². The number of nitrogens with one attached hydrogen (secondary N) is 1. The lowest BCUT2D eigenvalue weighted by Crippen LogP contribution is -2.58. The van der Waals surface area contributed by atoms with Crippen LogP contribution in [0.2, 0.25) is 0 Å². The summed E-state index contributed by atoms with van der Waals surface area (Å²) in [6.07, 6.45) is 2.35. The number of esters is 1. The molecule has 0 saturated heterocycles. The fraction of sp³-hybridized carbons (Fsp3) is 0.407. The normalized spacial score (nSPS) is 23.7. The van der Waals surface area contributed by atoms with Crippen molar-refractivity contribution >= 4 is 17.6 Å². The molecule has 5 rings (SSSR count). The number of carbonyl (C=O) groups excluding carboxylic acids is 2. The van der Waals surface area contributed by atoms with E-state index in [0.29, 0.717) is 25.7 Å². The summed E-state index contributed by atoms with van der Waals surface area (Å²) in [6.45, 7) is 5.41. The topological polar surface area (TPSA) is 64.6 Å². The van der Waals surface area contributed by atoms with Crippen LogP contribution in [0.3, 0.4) is 0 Å². The van der Waals surface area contributed by atoms with Crippen LogP contribution in [0.1, 0.15) is 57.6 Å². The van der Waals surface area contributed by atoms with E-state index < -0.39 is 40.3 Å². The Bertz CT molecular complexity index is 1090. The highest BCUT2D eigenvalue weighted by Crippen LogP contribution is 2.55. The van der Waals surface area contributed by atoms with Crippen molar-refractivity contribution in [1.82, 2.24) is 5.32 Å². The predicted molar refractivity (Wildman–Crippen MR) is 124 cm³/mol. The van der Waals surface area contributed by atoms with E-state index in [0.717, 1.165) is 5.56 Å². The van der Waals surface area contributed by atoms with Crippen molar-refractivity contribution in [3.8, 4) is 0 Å². The van der Waals surface area contributed by atoms with Crippen molar-refractivity contribution in [2.75, 3.05) is 0 Å². The Hall–Kier alpha value is -3.22. The van der Waals surface area contributed by atoms with E-state index in [-0.39, 0.29) is 17.7 Å². The van der Waals surface area contributed by atoms with Gasteiger partial charge in [0.1, 0.15) is 23.8 Å². The molecule has 0 spiro atoms. The van der Waals surface area contributed by atoms with Crippen LogP contribution in [-0.4, -0.2) is 23.2 Å². The lowest BCUT2D eigenvalue weighted by Gasteiger charge is -2.51. The lowest BCUT2D eigenvalue weighted by atomic mass is 9.57. The largest absolute Gasteiger partial charge is 0.459 e. The zero-order valence-electron chi connectivity index (χ0n) is 19.6. The highest BCUT2D eigenvalue weighted by atomic mass is 19.1. The minimum atomic E-state index is -1.05. The first-order valence-electron chi connectivity index (χ1n) is 11.4. The van der Waals surface area contributed by atoms with Gasteiger partial charge in [0.2, 0.25) is 0 Å². The first kappa shape index (κ1) is 23.9. The summed E-state index contributed by atoms with van der Waals surface area (Å²) in [4.78, 5) is 25.9. The Balaban J connectivity index is 1.67. The fourth-order valence-corrected chi connectivity index (χ4v) is 4.81. The number of benzene rings is 2. The zero-order chi connectivity index (χ0) is 24.6. The maximum Gasteiger partial charge on any atom is 0.408 e. The summed E-state index contributed by atoms with van der Waals surface area (Å²) < 4.78 is 40.8. The molecule has 0 aromatic heterocycles. The van der Waals surface area contributed by atoms with Crippen LogP contribution in [0.5, 0.6) is 0 Å². The van der Waals surface area contributed by atoms with Gasteiger partial charge in [-0.2, -0.15) is 0 Å². The number of ether oxygens (including phenoxy) is 2. The summed E-state index contributed by atoms with van der Waals surface area (Å²) in [5.74, 6) is -1.93. The summed E-state index contributed by atoms with van der Waals surface area (Å²) in [7, 11) is 0. The van der Waals surface area contributed by atoms with E-state index in [1.165, 1.54) is 18.2 Å². The van der Waals surface area contributed by atoms with Crippen molar-refractivity contribution in [3.63, 3.8) is 0 Å². The van der Waals surface area contributed by atoms with E-state index in [9.17, 15) is 18.4 Å². The molecule has 3 aliphatic carbocycles. The van der Waals surface area contributed by atoms with Crippen LogP contribution in [-0.2, 0) is 20.9 Å². The molecule has 0 radical (unpaired) electrons. The van der Waals surface area contributed by atoms with Gasteiger partial charge in [-0.15, -0.1) is 0 Å². The molecule has 1 N–H and O–H groups in total. The molecule has 1 amide bonds. The van der Waals surface area contributed by atoms with Gasteiger partial charge in [0.15, 0.2) is 0 Å². The second kappa shape index (κ2) is 8.85. The third-order valence-electron chi connectivity index (χ3n) is 6.52. The monoisotopic (exact) mass is 469 g/mol. The molecular formula is C27H29F2NO4. The molecule has 0 atom stereocenters. The molecule has 1 fully saturated rings. The Kier molecular flexibility index (Phi) is 6.23. The second-order valence-corrected chi connectivity index (χ2v) is 10.1. The molecule has 0 heterocycles. The third-order valence-corrected chi connectivity index (χ3v) is 6.52. The van der Waals surface area contributed by atoms with Gasteiger partial charge >= 0.3 is 12.1 Å². The number of amides is 1. The molecule has 2 bridgehead atoms. The molecular weight excluding hydrogens is 440 g/mol. The second-order valence-electron chi connectivity index (χ2n) is 10.1. The summed E-state index contributed by atoms with van der Waals surface area (Å²) in [5.41, 5.74) is -1.92. The highest BCUT2D eigenvalue weighted by molar-refractivity contribution is 5.89. The zero-order valence-corrected chi connectivity index (χ0v) is 19.6. The molecule has 3 aliphatic rings. The quantitative estimate of drug-likeness (QED) is 0.552. The number of carbonyl (C=O) groups is 2. The van der Waals surface area contributed by atoms with Crippen LogP contribution >= 0.6 is 0 Å². The van der Waals surface area contributed by atoms with E-state index >= 15 is 0 Å². The Morgan fingerprint density at radius 2 is 1.56 bits per heavy atom. The van der Waals surface area contributed by atoms with Gasteiger partial charge in [-0.1, -0.05) is 42.5 Å². The van der Waals surface area contributed by atoms with Gasteiger partial charge in [0.25, 0.3) is 0 Å². The van der Waals surface area contributed by atoms with Crippen LogP contribution in [0.25, 0.3) is 5.57 Å². The Morgan fingerprint density at radius 1 is 0.941 bits per heavy atom. The highest BCUT2D eigenvalue weighted by Gasteiger charge is 2.55. The Labute approximate surface area is 198 Å². The van der Waals surface area contributed by atoms with E-state index in [2.05, 4.69) is 5.32 Å². The van der Waals surface area contributed by atoms with Gasteiger partial charge in [-0.05, 0) is 69.7 Å². The summed E-state index contributed by atoms with van der Waals surface area (Å²) in [6, 6.07) is 12.8. The van der Waals surface area contributed by atoms with Crippen molar-refractivity contribution in [2.24, 2.45) is 5.41 Å². The van der Waals surface area contributed by atoms with Crippen molar-refractivity contribution in [2.45, 2.75) is 64.2 Å². The average molecular weight is 470 g/mol.